The van der Waals surface area contributed by atoms with Gasteiger partial charge in [0.1, 0.15) is 5.78 Å². The van der Waals surface area contributed by atoms with E-state index in [-0.39, 0.29) is 5.78 Å². The van der Waals surface area contributed by atoms with Gasteiger partial charge in [-0.2, -0.15) is 0 Å². The Bertz CT molecular complexity index is 496. The van der Waals surface area contributed by atoms with Crippen LogP contribution in [0.2, 0.25) is 0 Å². The summed E-state index contributed by atoms with van der Waals surface area (Å²) < 4.78 is 0. The number of ketones is 1. The lowest BCUT2D eigenvalue weighted by molar-refractivity contribution is -0.117. The van der Waals surface area contributed by atoms with E-state index < -0.39 is 0 Å². The molecule has 0 saturated carbocycles. The second-order valence-electron chi connectivity index (χ2n) is 7.43. The minimum atomic E-state index is 0.281. The van der Waals surface area contributed by atoms with Crippen molar-refractivity contribution in [3.05, 3.63) is 46.6 Å². The lowest BCUT2D eigenvalue weighted by atomic mass is 9.92. The zero-order chi connectivity index (χ0) is 18.5. The molecule has 24 heavy (non-hydrogen) atoms. The number of hydrogen-bond donors (Lipinski definition) is 0. The molecule has 136 valence electrons. The van der Waals surface area contributed by atoms with Crippen LogP contribution in [0.3, 0.4) is 0 Å². The van der Waals surface area contributed by atoms with Gasteiger partial charge in [-0.15, -0.1) is 0 Å². The van der Waals surface area contributed by atoms with Crippen LogP contribution in [-0.4, -0.2) is 5.78 Å². The van der Waals surface area contributed by atoms with Gasteiger partial charge >= 0.3 is 0 Å². The third-order valence-corrected chi connectivity index (χ3v) is 4.27. The van der Waals surface area contributed by atoms with Crippen molar-refractivity contribution < 1.29 is 4.79 Å². The Labute approximate surface area is 150 Å². The molecule has 0 radical (unpaired) electrons. The highest BCUT2D eigenvalue weighted by molar-refractivity contribution is 5.76. The number of hydrogen-bond acceptors (Lipinski definition) is 1. The monoisotopic (exact) mass is 330 g/mol. The molecule has 0 spiro atoms. The van der Waals surface area contributed by atoms with Crippen LogP contribution in [0.15, 0.2) is 46.6 Å². The number of carbonyl (C=O) groups is 1. The van der Waals surface area contributed by atoms with E-state index in [1.807, 2.05) is 0 Å². The average Bonchev–Trinajstić information content (AvgIpc) is 2.45. The van der Waals surface area contributed by atoms with E-state index in [4.69, 9.17) is 0 Å². The minimum Gasteiger partial charge on any atom is -0.300 e. The smallest absolute Gasteiger partial charge is 0.130 e. The van der Waals surface area contributed by atoms with E-state index in [1.165, 1.54) is 22.3 Å². The van der Waals surface area contributed by atoms with Crippen molar-refractivity contribution in [3.63, 3.8) is 0 Å². The Morgan fingerprint density at radius 1 is 0.792 bits per heavy atom. The van der Waals surface area contributed by atoms with Crippen LogP contribution in [0, 0.1) is 5.92 Å². The van der Waals surface area contributed by atoms with Crippen LogP contribution < -0.4 is 0 Å². The number of allylic oxidation sites excluding steroid dienone is 8. The second kappa shape index (κ2) is 13.0. The van der Waals surface area contributed by atoms with Gasteiger partial charge in [0, 0.05) is 6.42 Å². The van der Waals surface area contributed by atoms with E-state index in [2.05, 4.69) is 65.8 Å². The lowest BCUT2D eigenvalue weighted by Crippen LogP contribution is -2.04. The third kappa shape index (κ3) is 13.1. The summed E-state index contributed by atoms with van der Waals surface area (Å²) in [5.41, 5.74) is 5.64. The molecule has 0 aliphatic carbocycles. The Hall–Kier alpha value is -1.37. The molecule has 1 heteroatoms. The Morgan fingerprint density at radius 2 is 1.38 bits per heavy atom. The third-order valence-electron chi connectivity index (χ3n) is 4.27. The molecule has 0 aromatic carbocycles. The molecule has 0 aliphatic rings. The molecule has 0 aromatic heterocycles. The summed E-state index contributed by atoms with van der Waals surface area (Å²) in [7, 11) is 0. The molecular weight excluding hydrogens is 292 g/mol. The minimum absolute atomic E-state index is 0.281. The van der Waals surface area contributed by atoms with Crippen LogP contribution in [0.25, 0.3) is 0 Å². The van der Waals surface area contributed by atoms with Crippen molar-refractivity contribution in [2.75, 3.05) is 0 Å². The summed E-state index contributed by atoms with van der Waals surface area (Å²) in [4.78, 5) is 11.5. The number of rotatable bonds is 11. The summed E-state index contributed by atoms with van der Waals surface area (Å²) >= 11 is 0. The van der Waals surface area contributed by atoms with Crippen LogP contribution in [0.4, 0.5) is 0 Å². The Morgan fingerprint density at radius 3 is 1.92 bits per heavy atom. The quantitative estimate of drug-likeness (QED) is 0.362. The molecule has 1 atom stereocenters. The molecule has 0 aliphatic heterocycles. The van der Waals surface area contributed by atoms with Crippen molar-refractivity contribution in [1.29, 1.82) is 0 Å². The van der Waals surface area contributed by atoms with Crippen molar-refractivity contribution in [1.82, 2.24) is 0 Å². The van der Waals surface area contributed by atoms with Crippen LogP contribution >= 0.6 is 0 Å². The van der Waals surface area contributed by atoms with Crippen molar-refractivity contribution in [2.45, 2.75) is 87.0 Å². The summed E-state index contributed by atoms with van der Waals surface area (Å²) in [6.45, 7) is 14.6. The maximum atomic E-state index is 11.5. The van der Waals surface area contributed by atoms with Gasteiger partial charge < -0.3 is 4.79 Å². The number of Topliss-reactive ketones (excluding diaryl/α,β-unsaturated/α-hetero) is 1. The van der Waals surface area contributed by atoms with Gasteiger partial charge in [0.2, 0.25) is 0 Å². The maximum absolute atomic E-state index is 11.5. The summed E-state index contributed by atoms with van der Waals surface area (Å²) in [6.07, 6.45) is 15.3. The highest BCUT2D eigenvalue weighted by Crippen LogP contribution is 2.21. The average molecular weight is 331 g/mol. The molecule has 1 nitrogen and oxygen atoms in total. The molecule has 0 aromatic rings. The summed E-state index contributed by atoms with van der Waals surface area (Å²) in [5, 5.41) is 0. The fourth-order valence-corrected chi connectivity index (χ4v) is 2.81. The van der Waals surface area contributed by atoms with Gasteiger partial charge in [-0.05, 0) is 86.5 Å². The van der Waals surface area contributed by atoms with Gasteiger partial charge in [-0.25, -0.2) is 0 Å². The van der Waals surface area contributed by atoms with Gasteiger partial charge in [0.15, 0.2) is 0 Å². The normalized spacial score (nSPS) is 14.5. The van der Waals surface area contributed by atoms with E-state index in [9.17, 15) is 4.79 Å². The molecule has 0 rings (SSSR count). The van der Waals surface area contributed by atoms with E-state index in [0.29, 0.717) is 12.3 Å². The van der Waals surface area contributed by atoms with Crippen molar-refractivity contribution >= 4 is 5.78 Å². The van der Waals surface area contributed by atoms with Crippen LogP contribution in [-0.2, 0) is 4.79 Å². The first-order valence-electron chi connectivity index (χ1n) is 9.32. The maximum Gasteiger partial charge on any atom is 0.130 e. The van der Waals surface area contributed by atoms with E-state index >= 15 is 0 Å². The highest BCUT2D eigenvalue weighted by Gasteiger charge is 2.09. The lowest BCUT2D eigenvalue weighted by Gasteiger charge is -2.13. The zero-order valence-corrected chi connectivity index (χ0v) is 17.0. The SMILES string of the molecule is CC=C(C)CC(C=C(C)CCC=C(C)CCC=C(C)C)CC(C)=O. The molecule has 0 fully saturated rings. The predicted octanol–water partition coefficient (Wildman–Crippen LogP) is 7.36. The van der Waals surface area contributed by atoms with Gasteiger partial charge in [0.05, 0.1) is 0 Å². The van der Waals surface area contributed by atoms with E-state index in [1.54, 1.807) is 6.92 Å². The second-order valence-corrected chi connectivity index (χ2v) is 7.43. The molecular formula is C23H38O. The summed E-state index contributed by atoms with van der Waals surface area (Å²) in [6, 6.07) is 0. The zero-order valence-electron chi connectivity index (χ0n) is 17.0. The first-order valence-corrected chi connectivity index (χ1v) is 9.32. The largest absolute Gasteiger partial charge is 0.300 e. The fraction of sp³-hybridized carbons (Fsp3) is 0.609. The first kappa shape index (κ1) is 22.6. The Balaban J connectivity index is 4.52. The molecule has 0 N–H and O–H groups in total. The first-order chi connectivity index (χ1) is 11.2. The molecule has 0 saturated heterocycles. The van der Waals surface area contributed by atoms with Crippen molar-refractivity contribution in [2.24, 2.45) is 5.92 Å². The van der Waals surface area contributed by atoms with Crippen LogP contribution in [0.1, 0.15) is 87.0 Å². The standard InChI is InChI=1S/C23H38O/c1-8-19(4)15-23(17-22(7)24)16-21(6)14-10-13-20(5)12-9-11-18(2)3/h8,11,13,16,23H,9-10,12,14-15,17H2,1-7H3. The molecule has 0 bridgehead atoms. The van der Waals surface area contributed by atoms with Crippen molar-refractivity contribution in [3.8, 4) is 0 Å². The fourth-order valence-electron chi connectivity index (χ4n) is 2.81. The van der Waals surface area contributed by atoms with Gasteiger partial charge in [-0.3, -0.25) is 0 Å². The molecule has 1 unspecified atom stereocenters. The number of carbonyl (C=O) groups excluding carboxylic acids is 1. The van der Waals surface area contributed by atoms with Gasteiger partial charge in [-0.1, -0.05) is 46.6 Å². The van der Waals surface area contributed by atoms with Crippen LogP contribution in [0.5, 0.6) is 0 Å². The van der Waals surface area contributed by atoms with Gasteiger partial charge in [0.25, 0.3) is 0 Å². The van der Waals surface area contributed by atoms with E-state index in [0.717, 1.165) is 32.1 Å². The molecule has 0 amide bonds. The predicted molar refractivity (Wildman–Crippen MR) is 108 cm³/mol. The molecule has 0 heterocycles. The topological polar surface area (TPSA) is 17.1 Å². The Kier molecular flexibility index (Phi) is 12.2. The summed E-state index contributed by atoms with van der Waals surface area (Å²) in [5.74, 6) is 0.629. The highest BCUT2D eigenvalue weighted by atomic mass is 16.1.